The maximum atomic E-state index is 13.5. The molecule has 2 aromatic rings. The fourth-order valence-electron chi connectivity index (χ4n) is 1.83. The van der Waals surface area contributed by atoms with Gasteiger partial charge in [-0.2, -0.15) is 0 Å². The molecule has 0 aliphatic heterocycles. The van der Waals surface area contributed by atoms with Crippen LogP contribution in [0.25, 0.3) is 0 Å². The Morgan fingerprint density at radius 3 is 2.62 bits per heavy atom. The first kappa shape index (κ1) is 15.0. The second-order valence-electron chi connectivity index (χ2n) is 4.57. The first-order chi connectivity index (χ1) is 10.1. The molecule has 0 radical (unpaired) electrons. The zero-order valence-corrected chi connectivity index (χ0v) is 11.6. The molecule has 0 aliphatic rings. The van der Waals surface area contributed by atoms with Crippen molar-refractivity contribution in [3.63, 3.8) is 0 Å². The number of halogens is 2. The van der Waals surface area contributed by atoms with Crippen LogP contribution < -0.4 is 10.6 Å². The predicted octanol–water partition coefficient (Wildman–Crippen LogP) is 3.93. The number of carbonyl (C=O) groups is 1. The number of anilines is 2. The van der Waals surface area contributed by atoms with Gasteiger partial charge in [-0.1, -0.05) is 13.0 Å². The van der Waals surface area contributed by atoms with Gasteiger partial charge in [0.2, 0.25) is 5.91 Å². The number of hydrogen-bond acceptors (Lipinski definition) is 2. The molecule has 21 heavy (non-hydrogen) atoms. The molecule has 0 atom stereocenters. The second-order valence-corrected chi connectivity index (χ2v) is 4.57. The van der Waals surface area contributed by atoms with E-state index in [-0.39, 0.29) is 18.0 Å². The van der Waals surface area contributed by atoms with Gasteiger partial charge in [0.1, 0.15) is 11.6 Å². The van der Waals surface area contributed by atoms with E-state index in [0.717, 1.165) is 18.2 Å². The largest absolute Gasteiger partial charge is 0.381 e. The Morgan fingerprint density at radius 1 is 1.10 bits per heavy atom. The summed E-state index contributed by atoms with van der Waals surface area (Å²) in [5.74, 6) is -1.01. The van der Waals surface area contributed by atoms with Crippen LogP contribution in [0.2, 0.25) is 0 Å². The van der Waals surface area contributed by atoms with Gasteiger partial charge < -0.3 is 10.6 Å². The van der Waals surface area contributed by atoms with E-state index in [1.54, 1.807) is 31.2 Å². The van der Waals surface area contributed by atoms with Crippen molar-refractivity contribution in [2.45, 2.75) is 19.9 Å². The lowest BCUT2D eigenvalue weighted by atomic mass is 10.2. The van der Waals surface area contributed by atoms with E-state index in [1.165, 1.54) is 0 Å². The molecule has 0 saturated carbocycles. The van der Waals surface area contributed by atoms with Gasteiger partial charge >= 0.3 is 0 Å². The average Bonchev–Trinajstić information content (AvgIpc) is 2.48. The normalized spacial score (nSPS) is 10.2. The molecule has 0 spiro atoms. The van der Waals surface area contributed by atoms with Crippen LogP contribution in [-0.4, -0.2) is 5.91 Å². The summed E-state index contributed by atoms with van der Waals surface area (Å²) in [6.45, 7) is 1.93. The van der Waals surface area contributed by atoms with Crippen LogP contribution >= 0.6 is 0 Å². The molecule has 1 amide bonds. The van der Waals surface area contributed by atoms with Crippen LogP contribution in [-0.2, 0) is 11.3 Å². The highest BCUT2D eigenvalue weighted by molar-refractivity contribution is 5.90. The minimum Gasteiger partial charge on any atom is -0.381 e. The number of hydrogen-bond donors (Lipinski definition) is 2. The molecule has 0 bridgehead atoms. The van der Waals surface area contributed by atoms with E-state index < -0.39 is 11.6 Å². The van der Waals surface area contributed by atoms with E-state index in [2.05, 4.69) is 10.6 Å². The molecule has 0 heterocycles. The third kappa shape index (κ3) is 4.27. The van der Waals surface area contributed by atoms with Crippen LogP contribution in [0.4, 0.5) is 20.2 Å². The summed E-state index contributed by atoms with van der Waals surface area (Å²) < 4.78 is 26.6. The van der Waals surface area contributed by atoms with E-state index in [9.17, 15) is 13.6 Å². The lowest BCUT2D eigenvalue weighted by Crippen LogP contribution is -2.09. The Bertz CT molecular complexity index is 644. The van der Waals surface area contributed by atoms with Crippen molar-refractivity contribution in [2.24, 2.45) is 0 Å². The Balaban J connectivity index is 2.04. The van der Waals surface area contributed by atoms with E-state index >= 15 is 0 Å². The minimum atomic E-state index is -0.475. The summed E-state index contributed by atoms with van der Waals surface area (Å²) in [7, 11) is 0. The van der Waals surface area contributed by atoms with E-state index in [0.29, 0.717) is 17.8 Å². The van der Waals surface area contributed by atoms with Crippen molar-refractivity contribution in [1.82, 2.24) is 0 Å². The standard InChI is InChI=1S/C16H16F2N2O/c1-2-16(21)20-14-5-3-4-13(9-14)19-10-11-8-12(17)6-7-15(11)18/h3-9,19H,2,10H2,1H3,(H,20,21). The number of nitrogens with one attached hydrogen (secondary N) is 2. The summed E-state index contributed by atoms with van der Waals surface area (Å²) in [5.41, 5.74) is 1.62. The zero-order valence-electron chi connectivity index (χ0n) is 11.6. The maximum Gasteiger partial charge on any atom is 0.224 e. The first-order valence-electron chi connectivity index (χ1n) is 6.66. The highest BCUT2D eigenvalue weighted by Gasteiger charge is 2.04. The summed E-state index contributed by atoms with van der Waals surface area (Å²) >= 11 is 0. The molecular weight excluding hydrogens is 274 g/mol. The zero-order chi connectivity index (χ0) is 15.2. The second kappa shape index (κ2) is 6.83. The smallest absolute Gasteiger partial charge is 0.224 e. The molecule has 2 rings (SSSR count). The lowest BCUT2D eigenvalue weighted by molar-refractivity contribution is -0.115. The van der Waals surface area contributed by atoms with Crippen molar-refractivity contribution in [2.75, 3.05) is 10.6 Å². The first-order valence-corrected chi connectivity index (χ1v) is 6.66. The predicted molar refractivity (Wildman–Crippen MR) is 79.0 cm³/mol. The molecule has 2 aromatic carbocycles. The average molecular weight is 290 g/mol. The number of carbonyl (C=O) groups excluding carboxylic acids is 1. The summed E-state index contributed by atoms with van der Waals surface area (Å²) in [4.78, 5) is 11.3. The van der Waals surface area contributed by atoms with Gasteiger partial charge in [-0.05, 0) is 36.4 Å². The van der Waals surface area contributed by atoms with Gasteiger partial charge in [0.15, 0.2) is 0 Å². The third-order valence-electron chi connectivity index (χ3n) is 2.96. The van der Waals surface area contributed by atoms with Crippen molar-refractivity contribution < 1.29 is 13.6 Å². The fraction of sp³-hybridized carbons (Fsp3) is 0.188. The lowest BCUT2D eigenvalue weighted by Gasteiger charge is -2.10. The highest BCUT2D eigenvalue weighted by Crippen LogP contribution is 2.17. The molecule has 0 aliphatic carbocycles. The number of amides is 1. The summed E-state index contributed by atoms with van der Waals surface area (Å²) in [6.07, 6.45) is 0.395. The monoisotopic (exact) mass is 290 g/mol. The quantitative estimate of drug-likeness (QED) is 0.876. The fourth-order valence-corrected chi connectivity index (χ4v) is 1.83. The van der Waals surface area contributed by atoms with Crippen molar-refractivity contribution in [3.05, 3.63) is 59.7 Å². The number of benzene rings is 2. The van der Waals surface area contributed by atoms with Crippen LogP contribution in [0, 0.1) is 11.6 Å². The van der Waals surface area contributed by atoms with Gasteiger partial charge in [-0.3, -0.25) is 4.79 Å². The summed E-state index contributed by atoms with van der Waals surface area (Å²) in [5, 5.41) is 5.74. The molecule has 0 aromatic heterocycles. The molecule has 0 saturated heterocycles. The van der Waals surface area contributed by atoms with E-state index in [1.807, 2.05) is 0 Å². The van der Waals surface area contributed by atoms with Crippen LogP contribution in [0.5, 0.6) is 0 Å². The Morgan fingerprint density at radius 2 is 1.86 bits per heavy atom. The van der Waals surface area contributed by atoms with Gasteiger partial charge in [0, 0.05) is 29.9 Å². The molecule has 5 heteroatoms. The molecule has 3 nitrogen and oxygen atoms in total. The Kier molecular flexibility index (Phi) is 4.87. The summed E-state index contributed by atoms with van der Waals surface area (Å²) in [6, 6.07) is 10.4. The van der Waals surface area contributed by atoms with E-state index in [4.69, 9.17) is 0 Å². The SMILES string of the molecule is CCC(=O)Nc1cccc(NCc2cc(F)ccc2F)c1. The molecule has 0 fully saturated rings. The van der Waals surface area contributed by atoms with Gasteiger partial charge in [-0.25, -0.2) is 8.78 Å². The van der Waals surface area contributed by atoms with Crippen molar-refractivity contribution in [3.8, 4) is 0 Å². The third-order valence-corrected chi connectivity index (χ3v) is 2.96. The molecule has 110 valence electrons. The van der Waals surface area contributed by atoms with Gasteiger partial charge in [0.25, 0.3) is 0 Å². The van der Waals surface area contributed by atoms with Crippen LogP contribution in [0.15, 0.2) is 42.5 Å². The highest BCUT2D eigenvalue weighted by atomic mass is 19.1. The molecule has 2 N–H and O–H groups in total. The Hall–Kier alpha value is -2.43. The molecular formula is C16H16F2N2O. The van der Waals surface area contributed by atoms with Crippen LogP contribution in [0.1, 0.15) is 18.9 Å². The minimum absolute atomic E-state index is 0.0803. The Labute approximate surface area is 122 Å². The maximum absolute atomic E-state index is 13.5. The van der Waals surface area contributed by atoms with Crippen molar-refractivity contribution in [1.29, 1.82) is 0 Å². The number of rotatable bonds is 5. The topological polar surface area (TPSA) is 41.1 Å². The molecule has 0 unspecified atom stereocenters. The van der Waals surface area contributed by atoms with Gasteiger partial charge in [-0.15, -0.1) is 0 Å². The van der Waals surface area contributed by atoms with Crippen LogP contribution in [0.3, 0.4) is 0 Å². The van der Waals surface area contributed by atoms with Crippen molar-refractivity contribution >= 4 is 17.3 Å². The van der Waals surface area contributed by atoms with Gasteiger partial charge in [0.05, 0.1) is 0 Å².